The Hall–Kier alpha value is -1.53. The van der Waals surface area contributed by atoms with E-state index in [-0.39, 0.29) is 18.1 Å². The molecule has 2 aromatic carbocycles. The molecule has 0 radical (unpaired) electrons. The van der Waals surface area contributed by atoms with Crippen molar-refractivity contribution in [2.75, 3.05) is 11.1 Å². The maximum Gasteiger partial charge on any atom is 0.228 e. The highest BCUT2D eigenvalue weighted by atomic mass is 79.9. The van der Waals surface area contributed by atoms with Crippen molar-refractivity contribution in [1.82, 2.24) is 0 Å². The molecule has 104 valence electrons. The van der Waals surface area contributed by atoms with Gasteiger partial charge in [0, 0.05) is 8.95 Å². The first-order chi connectivity index (χ1) is 9.45. The van der Waals surface area contributed by atoms with Crippen molar-refractivity contribution >= 4 is 49.1 Å². The van der Waals surface area contributed by atoms with E-state index in [1.807, 2.05) is 0 Å². The van der Waals surface area contributed by atoms with Gasteiger partial charge in [-0.1, -0.05) is 28.1 Å². The van der Waals surface area contributed by atoms with Crippen LogP contribution in [0.1, 0.15) is 5.56 Å². The highest BCUT2D eigenvalue weighted by Crippen LogP contribution is 2.32. The standard InChI is InChI=1S/C14H12Br2N2O2/c15-9-6-11(16)14(12(17)7-9)18-13(20)5-8-2-1-3-10(19)4-8/h1-4,6-7,19H,5,17H2,(H,18,20). The average molecular weight is 400 g/mol. The summed E-state index contributed by atoms with van der Waals surface area (Å²) in [6.45, 7) is 0. The summed E-state index contributed by atoms with van der Waals surface area (Å²) in [4.78, 5) is 12.0. The first kappa shape index (κ1) is 14.9. The highest BCUT2D eigenvalue weighted by molar-refractivity contribution is 9.11. The molecule has 0 fully saturated rings. The minimum atomic E-state index is -0.203. The third-order valence-electron chi connectivity index (χ3n) is 2.63. The molecule has 6 heteroatoms. The number of rotatable bonds is 3. The van der Waals surface area contributed by atoms with Crippen LogP contribution in [0.25, 0.3) is 0 Å². The summed E-state index contributed by atoms with van der Waals surface area (Å²) in [6.07, 6.45) is 0.163. The lowest BCUT2D eigenvalue weighted by Crippen LogP contribution is -2.16. The lowest BCUT2D eigenvalue weighted by molar-refractivity contribution is -0.115. The molecular formula is C14H12Br2N2O2. The van der Waals surface area contributed by atoms with Gasteiger partial charge in [0.05, 0.1) is 17.8 Å². The van der Waals surface area contributed by atoms with Gasteiger partial charge in [-0.2, -0.15) is 0 Å². The zero-order chi connectivity index (χ0) is 14.7. The number of phenols is 1. The molecule has 0 aliphatic carbocycles. The van der Waals surface area contributed by atoms with Crippen LogP contribution in [0.2, 0.25) is 0 Å². The van der Waals surface area contributed by atoms with Gasteiger partial charge in [-0.3, -0.25) is 4.79 Å². The molecule has 0 unspecified atom stereocenters. The van der Waals surface area contributed by atoms with Gasteiger partial charge in [0.15, 0.2) is 0 Å². The Labute approximate surface area is 133 Å². The second-order valence-electron chi connectivity index (χ2n) is 4.25. The molecule has 0 heterocycles. The smallest absolute Gasteiger partial charge is 0.228 e. The van der Waals surface area contributed by atoms with Crippen LogP contribution in [0.5, 0.6) is 5.75 Å². The van der Waals surface area contributed by atoms with Gasteiger partial charge in [0.1, 0.15) is 5.75 Å². The number of benzene rings is 2. The fourth-order valence-corrected chi connectivity index (χ4v) is 3.12. The van der Waals surface area contributed by atoms with E-state index in [1.54, 1.807) is 36.4 Å². The predicted molar refractivity (Wildman–Crippen MR) is 86.7 cm³/mol. The van der Waals surface area contributed by atoms with Crippen molar-refractivity contribution in [3.8, 4) is 5.75 Å². The van der Waals surface area contributed by atoms with Gasteiger partial charge in [-0.15, -0.1) is 0 Å². The quantitative estimate of drug-likeness (QED) is 0.689. The third-order valence-corrected chi connectivity index (χ3v) is 3.71. The van der Waals surface area contributed by atoms with E-state index in [9.17, 15) is 9.90 Å². The fraction of sp³-hybridized carbons (Fsp3) is 0.0714. The van der Waals surface area contributed by atoms with Crippen molar-refractivity contribution in [3.05, 3.63) is 50.9 Å². The summed E-state index contributed by atoms with van der Waals surface area (Å²) >= 11 is 6.68. The molecule has 4 N–H and O–H groups in total. The van der Waals surface area contributed by atoms with Crippen LogP contribution in [0.15, 0.2) is 45.3 Å². The summed E-state index contributed by atoms with van der Waals surface area (Å²) < 4.78 is 1.53. The van der Waals surface area contributed by atoms with Gasteiger partial charge >= 0.3 is 0 Å². The van der Waals surface area contributed by atoms with E-state index in [4.69, 9.17) is 5.73 Å². The van der Waals surface area contributed by atoms with Crippen molar-refractivity contribution in [3.63, 3.8) is 0 Å². The molecule has 1 amide bonds. The minimum Gasteiger partial charge on any atom is -0.508 e. The Kier molecular flexibility index (Phi) is 4.67. The van der Waals surface area contributed by atoms with E-state index in [1.165, 1.54) is 0 Å². The fourth-order valence-electron chi connectivity index (χ4n) is 1.76. The van der Waals surface area contributed by atoms with Gasteiger partial charge in [-0.25, -0.2) is 0 Å². The SMILES string of the molecule is Nc1cc(Br)cc(Br)c1NC(=O)Cc1cccc(O)c1. The van der Waals surface area contributed by atoms with Crippen LogP contribution in [0.3, 0.4) is 0 Å². The van der Waals surface area contributed by atoms with Crippen LogP contribution >= 0.6 is 31.9 Å². The molecule has 2 aromatic rings. The number of nitrogen functional groups attached to an aromatic ring is 1. The van der Waals surface area contributed by atoms with Crippen molar-refractivity contribution in [2.24, 2.45) is 0 Å². The van der Waals surface area contributed by atoms with Crippen LogP contribution in [0, 0.1) is 0 Å². The van der Waals surface area contributed by atoms with Crippen molar-refractivity contribution < 1.29 is 9.90 Å². The average Bonchev–Trinajstić information content (AvgIpc) is 2.33. The number of hydrogen-bond donors (Lipinski definition) is 3. The van der Waals surface area contributed by atoms with Crippen LogP contribution in [-0.2, 0) is 11.2 Å². The molecule has 0 aliphatic rings. The lowest BCUT2D eigenvalue weighted by atomic mass is 10.1. The molecule has 0 bridgehead atoms. The number of hydrogen-bond acceptors (Lipinski definition) is 3. The molecule has 4 nitrogen and oxygen atoms in total. The monoisotopic (exact) mass is 398 g/mol. The number of carbonyl (C=O) groups excluding carboxylic acids is 1. The number of amides is 1. The van der Waals surface area contributed by atoms with Crippen molar-refractivity contribution in [2.45, 2.75) is 6.42 Å². The first-order valence-corrected chi connectivity index (χ1v) is 7.36. The first-order valence-electron chi connectivity index (χ1n) is 5.78. The second kappa shape index (κ2) is 6.28. The molecule has 0 saturated carbocycles. The summed E-state index contributed by atoms with van der Waals surface area (Å²) in [7, 11) is 0. The largest absolute Gasteiger partial charge is 0.508 e. The molecule has 2 rings (SSSR count). The Balaban J connectivity index is 2.13. The van der Waals surface area contributed by atoms with Crippen LogP contribution in [-0.4, -0.2) is 11.0 Å². The molecule has 0 aliphatic heterocycles. The Morgan fingerprint density at radius 2 is 2.00 bits per heavy atom. The van der Waals surface area contributed by atoms with Gasteiger partial charge in [0.25, 0.3) is 0 Å². The number of anilines is 2. The molecule has 0 aromatic heterocycles. The zero-order valence-electron chi connectivity index (χ0n) is 10.4. The van der Waals surface area contributed by atoms with Crippen LogP contribution < -0.4 is 11.1 Å². The summed E-state index contributed by atoms with van der Waals surface area (Å²) in [5.41, 5.74) is 7.61. The number of nitrogens with one attached hydrogen (secondary N) is 1. The normalized spacial score (nSPS) is 10.3. The van der Waals surface area contributed by atoms with Gasteiger partial charge in [-0.05, 0) is 45.8 Å². The van der Waals surface area contributed by atoms with E-state index >= 15 is 0 Å². The topological polar surface area (TPSA) is 75.3 Å². The van der Waals surface area contributed by atoms with Gasteiger partial charge < -0.3 is 16.2 Å². The van der Waals surface area contributed by atoms with Gasteiger partial charge in [0.2, 0.25) is 5.91 Å². The number of phenolic OH excluding ortho intramolecular Hbond substituents is 1. The highest BCUT2D eigenvalue weighted by Gasteiger charge is 2.11. The summed E-state index contributed by atoms with van der Waals surface area (Å²) in [5, 5.41) is 12.1. The van der Waals surface area contributed by atoms with E-state index in [0.29, 0.717) is 15.8 Å². The maximum absolute atomic E-state index is 12.0. The Bertz CT molecular complexity index is 636. The summed E-state index contributed by atoms with van der Waals surface area (Å²) in [5.74, 6) is -0.0649. The molecule has 0 spiro atoms. The van der Waals surface area contributed by atoms with Crippen LogP contribution in [0.4, 0.5) is 11.4 Å². The molecule has 0 atom stereocenters. The third kappa shape index (κ3) is 3.74. The van der Waals surface area contributed by atoms with Crippen molar-refractivity contribution in [1.29, 1.82) is 0 Å². The lowest BCUT2D eigenvalue weighted by Gasteiger charge is -2.11. The molecule has 0 saturated heterocycles. The Morgan fingerprint density at radius 1 is 1.25 bits per heavy atom. The molecular weight excluding hydrogens is 388 g/mol. The summed E-state index contributed by atoms with van der Waals surface area (Å²) in [6, 6.07) is 10.1. The minimum absolute atomic E-state index is 0.139. The second-order valence-corrected chi connectivity index (χ2v) is 6.02. The Morgan fingerprint density at radius 3 is 2.65 bits per heavy atom. The zero-order valence-corrected chi connectivity index (χ0v) is 13.5. The predicted octanol–water partition coefficient (Wildman–Crippen LogP) is 3.68. The number of halogens is 2. The van der Waals surface area contributed by atoms with E-state index in [2.05, 4.69) is 37.2 Å². The van der Waals surface area contributed by atoms with E-state index < -0.39 is 0 Å². The number of nitrogens with two attached hydrogens (primary N) is 1. The number of carbonyl (C=O) groups is 1. The van der Waals surface area contributed by atoms with E-state index in [0.717, 1.165) is 10.0 Å². The number of aromatic hydroxyl groups is 1. The molecule has 20 heavy (non-hydrogen) atoms. The maximum atomic E-state index is 12.0.